The van der Waals surface area contributed by atoms with Gasteiger partial charge in [0.1, 0.15) is 0 Å². The molecule has 1 N–H and O–H groups in total. The molecule has 0 saturated carbocycles. The molecule has 0 aromatic carbocycles. The second kappa shape index (κ2) is 2.47. The number of nitrogens with zero attached hydrogens (tertiary/aromatic N) is 3. The van der Waals surface area contributed by atoms with Crippen LogP contribution in [0.2, 0.25) is 0 Å². The van der Waals surface area contributed by atoms with Gasteiger partial charge in [0, 0.05) is 11.5 Å². The average molecular weight is 80.1 g/mol. The number of hydrogen-bond donors (Lipinski definition) is 1. The Kier molecular flexibility index (Phi) is 2.16. The molecule has 0 unspecified atom stereocenters. The molecule has 0 bridgehead atoms. The van der Waals surface area contributed by atoms with Crippen molar-refractivity contribution in [1.82, 2.24) is 20.6 Å². The Balaban J connectivity index is 0. The van der Waals surface area contributed by atoms with Gasteiger partial charge in [-0.2, -0.15) is 5.21 Å². The summed E-state index contributed by atoms with van der Waals surface area (Å²) in [5.41, 5.74) is 0. The van der Waals surface area contributed by atoms with Gasteiger partial charge in [-0.25, -0.2) is 0 Å². The topological polar surface area (TPSA) is 54.5 Å². The number of aromatic nitrogens is 4. The first kappa shape index (κ1) is 5.24. The Morgan fingerprint density at radius 2 is 2.50 bits per heavy atom. The molecule has 29 valence electrons. The summed E-state index contributed by atoms with van der Waals surface area (Å²) in [5, 5.41) is 11.8. The van der Waals surface area contributed by atoms with Gasteiger partial charge in [0.05, 0.1) is 0 Å². The van der Waals surface area contributed by atoms with E-state index >= 15 is 0 Å². The molecule has 1 aromatic heterocycles. The molecule has 0 aliphatic rings. The van der Waals surface area contributed by atoms with Gasteiger partial charge in [-0.05, 0) is 5.21 Å². The molecule has 0 spiro atoms. The maximum atomic E-state index is 3.25. The summed E-state index contributed by atoms with van der Waals surface area (Å²) < 4.78 is 0. The summed E-state index contributed by atoms with van der Waals surface area (Å²) in [6.07, 6.45) is 2.19. The molecule has 1 aromatic rings. The van der Waals surface area contributed by atoms with Crippen LogP contribution in [0.1, 0.15) is 1.43 Å². The van der Waals surface area contributed by atoms with E-state index in [2.05, 4.69) is 27.0 Å². The van der Waals surface area contributed by atoms with Crippen molar-refractivity contribution in [1.29, 1.82) is 0 Å². The van der Waals surface area contributed by atoms with Crippen molar-refractivity contribution in [3.63, 3.8) is 0 Å². The number of nitrogens with one attached hydrogen (secondary N) is 1. The summed E-state index contributed by atoms with van der Waals surface area (Å²) in [6, 6.07) is 0. The normalized spacial score (nSPS) is 6.67. The van der Waals surface area contributed by atoms with Crippen LogP contribution in [0.5, 0.6) is 0 Å². The second-order valence-corrected chi connectivity index (χ2v) is 0.512. The third-order valence-corrected chi connectivity index (χ3v) is 0.239. The molecule has 6 heavy (non-hydrogen) atoms. The van der Waals surface area contributed by atoms with E-state index in [-0.39, 0.29) is 11.5 Å². The molecule has 1 rings (SSSR count). The van der Waals surface area contributed by atoms with E-state index in [4.69, 9.17) is 0 Å². The summed E-state index contributed by atoms with van der Waals surface area (Å²) >= 11 is 0. The van der Waals surface area contributed by atoms with Gasteiger partial charge in [0.15, 0.2) is 0 Å². The van der Waals surface area contributed by atoms with E-state index in [1.54, 1.807) is 0 Å². The van der Waals surface area contributed by atoms with E-state index < -0.39 is 0 Å². The van der Waals surface area contributed by atoms with Gasteiger partial charge in [-0.3, -0.25) is 0 Å². The van der Waals surface area contributed by atoms with Gasteiger partial charge >= 0.3 is 0 Å². The van der Waals surface area contributed by atoms with Crippen molar-refractivity contribution in [2.45, 2.75) is 0 Å². The van der Waals surface area contributed by atoms with E-state index in [0.29, 0.717) is 0 Å². The number of rotatable bonds is 0. The first-order chi connectivity index (χ1) is 2.50. The summed E-state index contributed by atoms with van der Waals surface area (Å²) in [4.78, 5) is 0. The van der Waals surface area contributed by atoms with Crippen molar-refractivity contribution in [2.24, 2.45) is 0 Å². The van der Waals surface area contributed by atoms with Gasteiger partial charge < -0.3 is 0 Å². The first-order valence-electron chi connectivity index (χ1n) is 1.09. The third kappa shape index (κ3) is 0.904. The quantitative estimate of drug-likeness (QED) is 0.401. The van der Waals surface area contributed by atoms with Crippen molar-refractivity contribution in [2.75, 3.05) is 0 Å². The van der Waals surface area contributed by atoms with Crippen molar-refractivity contribution in [3.05, 3.63) is 6.33 Å². The predicted octanol–water partition coefficient (Wildman–Crippen LogP) is -1.13. The van der Waals surface area contributed by atoms with Crippen molar-refractivity contribution < 1.29 is 1.43 Å². The average Bonchev–Trinajstić information content (AvgIpc) is 1.76. The zero-order valence-corrected chi connectivity index (χ0v) is 3.05. The summed E-state index contributed by atoms with van der Waals surface area (Å²) in [5.74, 6) is 0. The molecule has 0 aliphatic carbocycles. The number of aromatic amines is 1. The smallest absolute Gasteiger partial charge is 0.177 e. The Morgan fingerprint density at radius 1 is 1.67 bits per heavy atom. The first-order valence-corrected chi connectivity index (χ1v) is 1.09. The van der Waals surface area contributed by atoms with Crippen LogP contribution >= 0.6 is 0 Å². The molecule has 0 fully saturated rings. The fourth-order valence-corrected chi connectivity index (χ4v) is 0.112. The minimum absolute atomic E-state index is 0. The molecule has 0 saturated heterocycles. The molecular weight excluding hydrogens is 77.1 g/mol. The summed E-state index contributed by atoms with van der Waals surface area (Å²) in [7, 11) is 0. The minimum Gasteiger partial charge on any atom is -0.177 e. The van der Waals surface area contributed by atoms with E-state index in [9.17, 15) is 0 Å². The van der Waals surface area contributed by atoms with Crippen LogP contribution < -0.4 is 0 Å². The predicted molar refractivity (Wildman–Crippen MR) is 20.9 cm³/mol. The van der Waals surface area contributed by atoms with Gasteiger partial charge in [0.25, 0.3) is 0 Å². The van der Waals surface area contributed by atoms with E-state index in [0.717, 1.165) is 0 Å². The maximum Gasteiger partial charge on any atom is 0.245 e. The van der Waals surface area contributed by atoms with Crippen LogP contribution in [0.4, 0.5) is 0 Å². The monoisotopic (exact) mass is 80.0 g/mol. The largest absolute Gasteiger partial charge is 0.245 e. The Hall–Kier alpha value is -0.761. The number of H-pyrrole nitrogens is 1. The van der Waals surface area contributed by atoms with Crippen molar-refractivity contribution >= 4 is 10.1 Å². The standard InChI is InChI=1S/CHN4.Be.H2/c1-2-4-5-3-1;;/h(H,2,3,4,5);;1H. The molecule has 1 heterocycles. The van der Waals surface area contributed by atoms with E-state index in [1.165, 1.54) is 0 Å². The van der Waals surface area contributed by atoms with Crippen LogP contribution in [0, 0.1) is 6.33 Å². The second-order valence-electron chi connectivity index (χ2n) is 0.512. The Labute approximate surface area is 39.7 Å². The minimum atomic E-state index is 0. The number of hydrogen-bond acceptors (Lipinski definition) is 3. The fraction of sp³-hybridized carbons (Fsp3) is 0. The molecule has 4 nitrogen and oxygen atoms in total. The SMILES string of the molecule is [Be].[HH].[c]1nn[nH]n1. The Bertz CT molecular complexity index is 68.2. The van der Waals surface area contributed by atoms with Gasteiger partial charge in [-0.1, -0.05) is 0 Å². The van der Waals surface area contributed by atoms with Crippen LogP contribution in [0.25, 0.3) is 0 Å². The molecule has 5 heteroatoms. The van der Waals surface area contributed by atoms with Crippen LogP contribution in [0.15, 0.2) is 0 Å². The maximum absolute atomic E-state index is 3.25. The van der Waals surface area contributed by atoms with Crippen LogP contribution in [-0.4, -0.2) is 30.7 Å². The summed E-state index contributed by atoms with van der Waals surface area (Å²) in [6.45, 7) is 0. The van der Waals surface area contributed by atoms with Crippen LogP contribution in [-0.2, 0) is 0 Å². The molecule has 0 amide bonds. The van der Waals surface area contributed by atoms with Crippen molar-refractivity contribution in [3.8, 4) is 0 Å². The van der Waals surface area contributed by atoms with Crippen LogP contribution in [0.3, 0.4) is 0 Å². The zero-order valence-electron chi connectivity index (χ0n) is 3.05. The molecule has 0 aliphatic heterocycles. The van der Waals surface area contributed by atoms with Gasteiger partial charge in [-0.15, -0.1) is 10.2 Å². The third-order valence-electron chi connectivity index (χ3n) is 0.239. The number of tetrazole rings is 1. The van der Waals surface area contributed by atoms with Gasteiger partial charge in [0.2, 0.25) is 6.33 Å². The van der Waals surface area contributed by atoms with E-state index in [1.807, 2.05) is 0 Å². The molecular formula is CH3BeN4. The fourth-order valence-electron chi connectivity index (χ4n) is 0.112. The molecule has 0 atom stereocenters. The zero-order chi connectivity index (χ0) is 3.54. The Morgan fingerprint density at radius 3 is 2.67 bits per heavy atom. The molecule has 3 radical (unpaired) electrons.